The summed E-state index contributed by atoms with van der Waals surface area (Å²) < 4.78 is 1.79. The fourth-order valence-electron chi connectivity index (χ4n) is 7.01. The summed E-state index contributed by atoms with van der Waals surface area (Å²) >= 11 is 3.42. The standard InChI is InChI=1S/C34H39BrN6O4/c1-39-19-26(17-27(20-39)37-29-18-36-40(2)34(45)31(29)35)22-5-9-25(10-6-22)33(44)41-15-13-23(14-16-41)21-3-7-24(8-4-21)28-11-12-30(42)38-32(28)43/h3-10,18,23,26-28,37H,11-17,19-20H2,1-2H3,(H,38,42,43)/t26-,27+,28?/m1/s1. The van der Waals surface area contributed by atoms with Gasteiger partial charge in [0.25, 0.3) is 11.5 Å². The molecule has 3 aromatic rings. The van der Waals surface area contributed by atoms with E-state index in [1.54, 1.807) is 13.2 Å². The molecule has 3 aliphatic heterocycles. The van der Waals surface area contributed by atoms with Crippen molar-refractivity contribution in [1.82, 2.24) is 24.9 Å². The quantitative estimate of drug-likeness (QED) is 0.380. The summed E-state index contributed by atoms with van der Waals surface area (Å²) in [5, 5.41) is 10.1. The lowest BCUT2D eigenvalue weighted by atomic mass is 9.85. The second-order valence-corrected chi connectivity index (χ2v) is 13.4. The van der Waals surface area contributed by atoms with E-state index in [4.69, 9.17) is 0 Å². The first-order chi connectivity index (χ1) is 21.7. The number of imide groups is 1. The van der Waals surface area contributed by atoms with E-state index in [0.717, 1.165) is 37.9 Å². The van der Waals surface area contributed by atoms with E-state index < -0.39 is 0 Å². The molecule has 0 bridgehead atoms. The van der Waals surface area contributed by atoms with Gasteiger partial charge in [0.15, 0.2) is 0 Å². The summed E-state index contributed by atoms with van der Waals surface area (Å²) in [5.41, 5.74) is 4.61. The second-order valence-electron chi connectivity index (χ2n) is 12.7. The number of aromatic nitrogens is 2. The van der Waals surface area contributed by atoms with Crippen molar-refractivity contribution in [1.29, 1.82) is 0 Å². The van der Waals surface area contributed by atoms with Gasteiger partial charge < -0.3 is 15.1 Å². The van der Waals surface area contributed by atoms with Crippen LogP contribution in [0.15, 0.2) is 64.0 Å². The Kier molecular flexibility index (Phi) is 9.18. The van der Waals surface area contributed by atoms with Gasteiger partial charge in [-0.15, -0.1) is 0 Å². The average Bonchev–Trinajstić information content (AvgIpc) is 3.05. The van der Waals surface area contributed by atoms with Gasteiger partial charge in [0.2, 0.25) is 11.8 Å². The number of anilines is 1. The lowest BCUT2D eigenvalue weighted by molar-refractivity contribution is -0.134. The first-order valence-electron chi connectivity index (χ1n) is 15.7. The van der Waals surface area contributed by atoms with Crippen LogP contribution in [0.4, 0.5) is 5.69 Å². The van der Waals surface area contributed by atoms with Gasteiger partial charge in [0.1, 0.15) is 4.47 Å². The number of rotatable bonds is 6. The molecule has 10 nitrogen and oxygen atoms in total. The lowest BCUT2D eigenvalue weighted by Gasteiger charge is -2.37. The van der Waals surface area contributed by atoms with Crippen LogP contribution in [0.2, 0.25) is 0 Å². The Morgan fingerprint density at radius 3 is 2.22 bits per heavy atom. The summed E-state index contributed by atoms with van der Waals surface area (Å²) in [4.78, 5) is 53.7. The van der Waals surface area contributed by atoms with Crippen molar-refractivity contribution in [3.05, 3.63) is 91.8 Å². The van der Waals surface area contributed by atoms with E-state index in [0.29, 0.717) is 53.5 Å². The largest absolute Gasteiger partial charge is 0.379 e. The predicted octanol–water partition coefficient (Wildman–Crippen LogP) is 3.98. The molecule has 3 aliphatic rings. The minimum absolute atomic E-state index is 0.0662. The first-order valence-corrected chi connectivity index (χ1v) is 16.4. The number of likely N-dealkylation sites (N-methyl/N-ethyl adjacent to an activating group) is 1. The number of nitrogens with one attached hydrogen (secondary N) is 2. The van der Waals surface area contributed by atoms with Gasteiger partial charge in [-0.05, 0) is 89.3 Å². The summed E-state index contributed by atoms with van der Waals surface area (Å²) in [7, 11) is 3.73. The van der Waals surface area contributed by atoms with Crippen LogP contribution in [0.5, 0.6) is 0 Å². The topological polar surface area (TPSA) is 117 Å². The van der Waals surface area contributed by atoms with Crippen LogP contribution in [-0.4, -0.2) is 76.6 Å². The predicted molar refractivity (Wildman–Crippen MR) is 175 cm³/mol. The Hall–Kier alpha value is -3.83. The monoisotopic (exact) mass is 674 g/mol. The molecule has 11 heteroatoms. The Morgan fingerprint density at radius 1 is 0.889 bits per heavy atom. The number of likely N-dealkylation sites (tertiary alicyclic amines) is 2. The molecule has 45 heavy (non-hydrogen) atoms. The molecule has 0 aliphatic carbocycles. The Labute approximate surface area is 271 Å². The minimum Gasteiger partial charge on any atom is -0.379 e. The highest BCUT2D eigenvalue weighted by Crippen LogP contribution is 2.33. The highest BCUT2D eigenvalue weighted by Gasteiger charge is 2.30. The third kappa shape index (κ3) is 6.89. The van der Waals surface area contributed by atoms with Crippen LogP contribution in [0.1, 0.15) is 76.9 Å². The number of nitrogens with zero attached hydrogens (tertiary/aromatic N) is 4. The SMILES string of the molecule is CN1C[C@@H](Nc2cnn(C)c(=O)c2Br)C[C@@H](c2ccc(C(=O)N3CCC(c4ccc(C5CCC(=O)NC5=O)cc4)CC3)cc2)C1. The number of piperidine rings is 3. The van der Waals surface area contributed by atoms with Gasteiger partial charge in [-0.3, -0.25) is 24.5 Å². The first kappa shape index (κ1) is 31.2. The summed E-state index contributed by atoms with van der Waals surface area (Å²) in [6.45, 7) is 3.18. The molecular formula is C34H39BrN6O4. The number of halogens is 1. The molecule has 3 atom stereocenters. The number of amides is 3. The molecule has 0 saturated carbocycles. The number of hydrogen-bond acceptors (Lipinski definition) is 7. The van der Waals surface area contributed by atoms with Crippen LogP contribution >= 0.6 is 15.9 Å². The fourth-order valence-corrected chi connectivity index (χ4v) is 7.48. The highest BCUT2D eigenvalue weighted by molar-refractivity contribution is 9.10. The van der Waals surface area contributed by atoms with Crippen molar-refractivity contribution in [2.75, 3.05) is 38.5 Å². The van der Waals surface area contributed by atoms with E-state index in [1.165, 1.54) is 15.8 Å². The van der Waals surface area contributed by atoms with Gasteiger partial charge >= 0.3 is 0 Å². The van der Waals surface area contributed by atoms with Gasteiger partial charge in [-0.25, -0.2) is 4.68 Å². The third-order valence-corrected chi connectivity index (χ3v) is 10.3. The number of carbonyl (C=O) groups is 3. The molecule has 3 fully saturated rings. The zero-order valence-corrected chi connectivity index (χ0v) is 27.3. The maximum Gasteiger partial charge on any atom is 0.282 e. The molecule has 2 N–H and O–H groups in total. The average molecular weight is 676 g/mol. The molecule has 2 aromatic carbocycles. The van der Waals surface area contributed by atoms with Crippen molar-refractivity contribution in [3.63, 3.8) is 0 Å². The van der Waals surface area contributed by atoms with Gasteiger partial charge in [0, 0.05) is 51.3 Å². The van der Waals surface area contributed by atoms with Crippen molar-refractivity contribution in [2.24, 2.45) is 7.05 Å². The molecule has 0 spiro atoms. The maximum atomic E-state index is 13.4. The van der Waals surface area contributed by atoms with Crippen LogP contribution in [0.3, 0.4) is 0 Å². The van der Waals surface area contributed by atoms with Gasteiger partial charge in [0.05, 0.1) is 17.8 Å². The number of aryl methyl sites for hydroxylation is 1. The molecule has 1 aromatic heterocycles. The molecule has 3 amide bonds. The smallest absolute Gasteiger partial charge is 0.282 e. The molecule has 6 rings (SSSR count). The van der Waals surface area contributed by atoms with Crippen molar-refractivity contribution >= 4 is 39.3 Å². The van der Waals surface area contributed by atoms with Crippen LogP contribution < -0.4 is 16.2 Å². The highest BCUT2D eigenvalue weighted by atomic mass is 79.9. The van der Waals surface area contributed by atoms with Crippen molar-refractivity contribution in [2.45, 2.75) is 55.9 Å². The summed E-state index contributed by atoms with van der Waals surface area (Å²) in [6.07, 6.45) is 5.29. The summed E-state index contributed by atoms with van der Waals surface area (Å²) in [6, 6.07) is 16.4. The zero-order valence-electron chi connectivity index (χ0n) is 25.7. The Morgan fingerprint density at radius 2 is 1.53 bits per heavy atom. The van der Waals surface area contributed by atoms with Crippen molar-refractivity contribution in [3.8, 4) is 0 Å². The normalized spacial score (nSPS) is 23.1. The van der Waals surface area contributed by atoms with E-state index >= 15 is 0 Å². The molecular weight excluding hydrogens is 636 g/mol. The van der Waals surface area contributed by atoms with Crippen LogP contribution in [0, 0.1) is 0 Å². The second kappa shape index (κ2) is 13.3. The van der Waals surface area contributed by atoms with E-state index in [9.17, 15) is 19.2 Å². The molecule has 4 heterocycles. The number of benzene rings is 2. The number of hydrogen-bond donors (Lipinski definition) is 2. The molecule has 3 saturated heterocycles. The maximum absolute atomic E-state index is 13.4. The Bertz CT molecular complexity index is 1630. The molecule has 236 valence electrons. The lowest BCUT2D eigenvalue weighted by Crippen LogP contribution is -2.43. The third-order valence-electron chi connectivity index (χ3n) is 9.53. The Balaban J connectivity index is 1.03. The van der Waals surface area contributed by atoms with Crippen LogP contribution in [-0.2, 0) is 16.6 Å². The van der Waals surface area contributed by atoms with E-state index in [-0.39, 0.29) is 35.2 Å². The zero-order chi connectivity index (χ0) is 31.7. The molecule has 1 unspecified atom stereocenters. The number of carbonyl (C=O) groups excluding carboxylic acids is 3. The molecule has 0 radical (unpaired) electrons. The van der Waals surface area contributed by atoms with Gasteiger partial charge in [-0.1, -0.05) is 36.4 Å². The van der Waals surface area contributed by atoms with Crippen molar-refractivity contribution < 1.29 is 14.4 Å². The van der Waals surface area contributed by atoms with E-state index in [2.05, 4.69) is 67.9 Å². The minimum atomic E-state index is -0.272. The fraction of sp³-hybridized carbons (Fsp3) is 0.441. The van der Waals surface area contributed by atoms with E-state index in [1.807, 2.05) is 29.2 Å². The van der Waals surface area contributed by atoms with Gasteiger partial charge in [-0.2, -0.15) is 5.10 Å². The summed E-state index contributed by atoms with van der Waals surface area (Å²) in [5.74, 6) is 0.0418. The van der Waals surface area contributed by atoms with Crippen LogP contribution in [0.25, 0.3) is 0 Å².